The van der Waals surface area contributed by atoms with Crippen LogP contribution < -0.4 is 5.73 Å². The number of aromatic nitrogens is 1. The zero-order valence-corrected chi connectivity index (χ0v) is 16.2. The van der Waals surface area contributed by atoms with Crippen LogP contribution in [0.1, 0.15) is 41.2 Å². The van der Waals surface area contributed by atoms with Gasteiger partial charge in [-0.25, -0.2) is 0 Å². The summed E-state index contributed by atoms with van der Waals surface area (Å²) < 4.78 is 2.19. The summed E-state index contributed by atoms with van der Waals surface area (Å²) in [5, 5.41) is 0. The van der Waals surface area contributed by atoms with Gasteiger partial charge in [-0.05, 0) is 45.7 Å². The maximum Gasteiger partial charge on any atom is 0.231 e. The molecule has 1 aromatic heterocycles. The first-order chi connectivity index (χ1) is 12.3. The summed E-state index contributed by atoms with van der Waals surface area (Å²) in [5.74, 6) is -0.390. The molecule has 5 heteroatoms. The zero-order valence-electron chi connectivity index (χ0n) is 16.2. The number of ketones is 1. The molecule has 2 aromatic rings. The molecule has 1 heterocycles. The van der Waals surface area contributed by atoms with Crippen molar-refractivity contribution in [2.75, 3.05) is 13.1 Å². The van der Waals surface area contributed by atoms with E-state index < -0.39 is 5.91 Å². The first-order valence-electron chi connectivity index (χ1n) is 9.05. The molecule has 0 aliphatic rings. The third kappa shape index (κ3) is 5.05. The highest BCUT2D eigenvalue weighted by atomic mass is 16.1. The highest BCUT2D eigenvalue weighted by Crippen LogP contribution is 2.18. The fourth-order valence-corrected chi connectivity index (χ4v) is 3.20. The molecular formula is C21H29N3O2. The summed E-state index contributed by atoms with van der Waals surface area (Å²) in [7, 11) is 0. The number of primary amides is 1. The Hall–Kier alpha value is -2.40. The minimum Gasteiger partial charge on any atom is -0.369 e. The molecule has 0 atom stereocenters. The molecule has 1 amide bonds. The van der Waals surface area contributed by atoms with Gasteiger partial charge in [0.2, 0.25) is 5.91 Å². The first kappa shape index (κ1) is 19.9. The van der Waals surface area contributed by atoms with E-state index in [2.05, 4.69) is 16.7 Å². The molecule has 2 N–H and O–H groups in total. The Morgan fingerprint density at radius 1 is 1.12 bits per heavy atom. The van der Waals surface area contributed by atoms with Crippen LogP contribution >= 0.6 is 0 Å². The van der Waals surface area contributed by atoms with Crippen LogP contribution in [0, 0.1) is 13.8 Å². The minimum atomic E-state index is -0.417. The van der Waals surface area contributed by atoms with E-state index in [-0.39, 0.29) is 24.9 Å². The van der Waals surface area contributed by atoms with E-state index in [0.29, 0.717) is 0 Å². The molecule has 5 nitrogen and oxygen atoms in total. The highest BCUT2D eigenvalue weighted by molar-refractivity contribution is 5.99. The van der Waals surface area contributed by atoms with Gasteiger partial charge in [0, 0.05) is 29.5 Å². The molecule has 0 spiro atoms. The van der Waals surface area contributed by atoms with E-state index in [1.807, 2.05) is 52.0 Å². The van der Waals surface area contributed by atoms with Crippen molar-refractivity contribution in [1.29, 1.82) is 0 Å². The number of Topliss-reactive ketones (excluding diaryl/α,β-unsaturated/α-hetero) is 1. The first-order valence-corrected chi connectivity index (χ1v) is 9.05. The van der Waals surface area contributed by atoms with E-state index >= 15 is 0 Å². The monoisotopic (exact) mass is 355 g/mol. The number of hydrogen-bond acceptors (Lipinski definition) is 3. The summed E-state index contributed by atoms with van der Waals surface area (Å²) in [4.78, 5) is 25.8. The topological polar surface area (TPSA) is 68.3 Å². The van der Waals surface area contributed by atoms with Crippen molar-refractivity contribution in [3.63, 3.8) is 0 Å². The molecule has 0 saturated carbocycles. The van der Waals surface area contributed by atoms with Gasteiger partial charge in [-0.3, -0.25) is 14.5 Å². The third-order valence-electron chi connectivity index (χ3n) is 4.78. The van der Waals surface area contributed by atoms with E-state index in [9.17, 15) is 9.59 Å². The third-order valence-corrected chi connectivity index (χ3v) is 4.78. The molecule has 0 aliphatic carbocycles. The lowest BCUT2D eigenvalue weighted by Gasteiger charge is -2.24. The summed E-state index contributed by atoms with van der Waals surface area (Å²) in [5.41, 5.74) is 9.36. The molecule has 0 aliphatic heterocycles. The van der Waals surface area contributed by atoms with Crippen LogP contribution in [-0.4, -0.2) is 40.3 Å². The average molecular weight is 355 g/mol. The second-order valence-corrected chi connectivity index (χ2v) is 7.06. The minimum absolute atomic E-state index is 0.0269. The fraction of sp³-hybridized carbons (Fsp3) is 0.429. The Labute approximate surface area is 155 Å². The van der Waals surface area contributed by atoms with Crippen LogP contribution in [-0.2, 0) is 17.8 Å². The normalized spacial score (nSPS) is 11.3. The standard InChI is InChI=1S/C21H29N3O2/c1-15(2)23(14-21(22)26)13-20(25)19-12-16(3)24(17(19)4)11-10-18-8-6-5-7-9-18/h5-9,12,15H,10-11,13-14H2,1-4H3,(H2,22,26). The second-order valence-electron chi connectivity index (χ2n) is 7.06. The lowest BCUT2D eigenvalue weighted by atomic mass is 10.1. The molecule has 26 heavy (non-hydrogen) atoms. The molecule has 140 valence electrons. The van der Waals surface area contributed by atoms with Crippen LogP contribution in [0.2, 0.25) is 0 Å². The smallest absolute Gasteiger partial charge is 0.231 e. The molecule has 1 aromatic carbocycles. The second kappa shape index (κ2) is 8.81. The Morgan fingerprint density at radius 3 is 2.35 bits per heavy atom. The van der Waals surface area contributed by atoms with Gasteiger partial charge in [0.05, 0.1) is 13.1 Å². The number of benzene rings is 1. The fourth-order valence-electron chi connectivity index (χ4n) is 3.20. The average Bonchev–Trinajstić information content (AvgIpc) is 2.87. The Balaban J connectivity index is 2.12. The highest BCUT2D eigenvalue weighted by Gasteiger charge is 2.21. The van der Waals surface area contributed by atoms with Crippen LogP contribution in [0.15, 0.2) is 36.4 Å². The van der Waals surface area contributed by atoms with Gasteiger partial charge in [0.25, 0.3) is 0 Å². The number of hydrogen-bond donors (Lipinski definition) is 1. The molecule has 0 radical (unpaired) electrons. The molecule has 0 fully saturated rings. The van der Waals surface area contributed by atoms with Crippen LogP contribution in [0.25, 0.3) is 0 Å². The van der Waals surface area contributed by atoms with Crippen molar-refractivity contribution in [2.24, 2.45) is 5.73 Å². The number of rotatable bonds is 9. The van der Waals surface area contributed by atoms with Crippen molar-refractivity contribution in [2.45, 2.75) is 46.7 Å². The van der Waals surface area contributed by atoms with Gasteiger partial charge in [-0.15, -0.1) is 0 Å². The lowest BCUT2D eigenvalue weighted by Crippen LogP contribution is -2.41. The molecule has 0 saturated heterocycles. The van der Waals surface area contributed by atoms with Crippen LogP contribution in [0.5, 0.6) is 0 Å². The molecule has 0 bridgehead atoms. The van der Waals surface area contributed by atoms with E-state index in [0.717, 1.165) is 29.9 Å². The number of aryl methyl sites for hydroxylation is 2. The van der Waals surface area contributed by atoms with Gasteiger partial charge in [-0.1, -0.05) is 30.3 Å². The van der Waals surface area contributed by atoms with E-state index in [1.54, 1.807) is 4.90 Å². The number of carbonyl (C=O) groups excluding carboxylic acids is 2. The summed E-state index contributed by atoms with van der Waals surface area (Å²) in [6.07, 6.45) is 0.921. The Morgan fingerprint density at radius 2 is 1.77 bits per heavy atom. The lowest BCUT2D eigenvalue weighted by molar-refractivity contribution is -0.119. The SMILES string of the molecule is Cc1cc(C(=O)CN(CC(N)=O)C(C)C)c(C)n1CCc1ccccc1. The molecule has 2 rings (SSSR count). The van der Waals surface area contributed by atoms with Gasteiger partial charge in [0.15, 0.2) is 5.78 Å². The Bertz CT molecular complexity index is 763. The number of carbonyl (C=O) groups is 2. The Kier molecular flexibility index (Phi) is 6.75. The largest absolute Gasteiger partial charge is 0.369 e. The van der Waals surface area contributed by atoms with Gasteiger partial charge < -0.3 is 10.3 Å². The summed E-state index contributed by atoms with van der Waals surface area (Å²) in [6, 6.07) is 12.4. The quantitative estimate of drug-likeness (QED) is 0.703. The summed E-state index contributed by atoms with van der Waals surface area (Å²) in [6.45, 7) is 9.06. The summed E-state index contributed by atoms with van der Waals surface area (Å²) >= 11 is 0. The van der Waals surface area contributed by atoms with Crippen molar-refractivity contribution in [3.05, 3.63) is 58.9 Å². The van der Waals surface area contributed by atoms with E-state index in [4.69, 9.17) is 5.73 Å². The maximum atomic E-state index is 12.8. The van der Waals surface area contributed by atoms with Crippen molar-refractivity contribution in [3.8, 4) is 0 Å². The van der Waals surface area contributed by atoms with E-state index in [1.165, 1.54) is 5.56 Å². The van der Waals surface area contributed by atoms with Gasteiger partial charge in [-0.2, -0.15) is 0 Å². The van der Waals surface area contributed by atoms with Gasteiger partial charge >= 0.3 is 0 Å². The van der Waals surface area contributed by atoms with Crippen molar-refractivity contribution in [1.82, 2.24) is 9.47 Å². The van der Waals surface area contributed by atoms with Crippen molar-refractivity contribution >= 4 is 11.7 Å². The zero-order chi connectivity index (χ0) is 19.3. The van der Waals surface area contributed by atoms with Gasteiger partial charge in [0.1, 0.15) is 0 Å². The number of amides is 1. The molecule has 0 unspecified atom stereocenters. The number of nitrogens with two attached hydrogens (primary N) is 1. The number of nitrogens with zero attached hydrogens (tertiary/aromatic N) is 2. The maximum absolute atomic E-state index is 12.8. The van der Waals surface area contributed by atoms with Crippen LogP contribution in [0.3, 0.4) is 0 Å². The molecular weight excluding hydrogens is 326 g/mol. The van der Waals surface area contributed by atoms with Crippen LogP contribution in [0.4, 0.5) is 0 Å². The predicted molar refractivity (Wildman–Crippen MR) is 104 cm³/mol. The van der Waals surface area contributed by atoms with Crippen molar-refractivity contribution < 1.29 is 9.59 Å². The predicted octanol–water partition coefficient (Wildman–Crippen LogP) is 2.73.